The molecule has 0 aromatic heterocycles. The molecule has 158 valence electrons. The van der Waals surface area contributed by atoms with Crippen molar-refractivity contribution in [3.8, 4) is 5.75 Å². The molecule has 2 unspecified atom stereocenters. The molecule has 3 amide bonds. The lowest BCUT2D eigenvalue weighted by molar-refractivity contribution is -0.154. The molecular weight excluding hydrogens is 384 g/mol. The third-order valence-corrected chi connectivity index (χ3v) is 5.39. The maximum Gasteiger partial charge on any atom is 0.329 e. The van der Waals surface area contributed by atoms with Crippen LogP contribution in [0, 0.1) is 6.92 Å². The van der Waals surface area contributed by atoms with Gasteiger partial charge in [-0.15, -0.1) is 0 Å². The quantitative estimate of drug-likeness (QED) is 0.559. The smallest absolute Gasteiger partial charge is 0.329 e. The number of ether oxygens (including phenoxy) is 2. The van der Waals surface area contributed by atoms with Gasteiger partial charge in [0.05, 0.1) is 7.11 Å². The zero-order valence-electron chi connectivity index (χ0n) is 17.6. The third kappa shape index (κ3) is 3.87. The molecule has 1 fully saturated rings. The zero-order valence-corrected chi connectivity index (χ0v) is 17.6. The highest BCUT2D eigenvalue weighted by molar-refractivity contribution is 6.09. The monoisotopic (exact) mass is 410 g/mol. The number of carbonyl (C=O) groups is 3. The van der Waals surface area contributed by atoms with Crippen molar-refractivity contribution >= 4 is 17.9 Å². The Morgan fingerprint density at radius 2 is 1.87 bits per heavy atom. The number of carbonyl (C=O) groups excluding carboxylic acids is 3. The van der Waals surface area contributed by atoms with Crippen LogP contribution in [0.2, 0.25) is 0 Å². The van der Waals surface area contributed by atoms with E-state index in [0.29, 0.717) is 11.3 Å². The van der Waals surface area contributed by atoms with Crippen molar-refractivity contribution in [1.82, 2.24) is 10.2 Å². The Labute approximate surface area is 176 Å². The number of aryl methyl sites for hydroxylation is 1. The van der Waals surface area contributed by atoms with Gasteiger partial charge in [-0.2, -0.15) is 0 Å². The second kappa shape index (κ2) is 8.57. The number of hydrogen-bond donors (Lipinski definition) is 1. The van der Waals surface area contributed by atoms with Crippen LogP contribution in [0.15, 0.2) is 48.5 Å². The van der Waals surface area contributed by atoms with E-state index in [2.05, 4.69) is 5.32 Å². The number of methoxy groups -OCH3 is 1. The Kier molecular flexibility index (Phi) is 6.10. The van der Waals surface area contributed by atoms with Crippen LogP contribution in [-0.2, 0) is 26.5 Å². The molecule has 1 saturated heterocycles. The summed E-state index contributed by atoms with van der Waals surface area (Å²) in [5.74, 6) is -0.410. The zero-order chi connectivity index (χ0) is 21.9. The molecule has 1 heterocycles. The predicted octanol–water partition coefficient (Wildman–Crippen LogP) is 3.29. The average molecular weight is 410 g/mol. The fourth-order valence-corrected chi connectivity index (χ4v) is 3.61. The first kappa shape index (κ1) is 21.4. The van der Waals surface area contributed by atoms with Crippen molar-refractivity contribution in [3.05, 3.63) is 65.2 Å². The van der Waals surface area contributed by atoms with Crippen LogP contribution in [0.25, 0.3) is 0 Å². The number of imide groups is 1. The van der Waals surface area contributed by atoms with Gasteiger partial charge in [-0.3, -0.25) is 4.79 Å². The second-order valence-electron chi connectivity index (χ2n) is 7.43. The van der Waals surface area contributed by atoms with Gasteiger partial charge in [-0.05, 0) is 49.1 Å². The summed E-state index contributed by atoms with van der Waals surface area (Å²) in [4.78, 5) is 39.7. The summed E-state index contributed by atoms with van der Waals surface area (Å²) in [6.45, 7) is 5.31. The third-order valence-electron chi connectivity index (χ3n) is 5.39. The van der Waals surface area contributed by atoms with Gasteiger partial charge >= 0.3 is 12.0 Å². The highest BCUT2D eigenvalue weighted by atomic mass is 16.5. The lowest BCUT2D eigenvalue weighted by Gasteiger charge is -2.26. The molecule has 2 aromatic rings. The van der Waals surface area contributed by atoms with Crippen molar-refractivity contribution < 1.29 is 23.9 Å². The Morgan fingerprint density at radius 3 is 2.47 bits per heavy atom. The summed E-state index contributed by atoms with van der Waals surface area (Å²) < 4.78 is 10.7. The van der Waals surface area contributed by atoms with E-state index < -0.39 is 29.5 Å². The van der Waals surface area contributed by atoms with Crippen molar-refractivity contribution in [2.24, 2.45) is 0 Å². The van der Waals surface area contributed by atoms with Crippen molar-refractivity contribution in [3.63, 3.8) is 0 Å². The van der Waals surface area contributed by atoms with Crippen LogP contribution in [-0.4, -0.2) is 36.0 Å². The molecule has 1 N–H and O–H groups in total. The normalized spacial score (nSPS) is 19.4. The molecule has 1 aliphatic heterocycles. The largest absolute Gasteiger partial charge is 0.496 e. The number of nitrogens with one attached hydrogen (secondary N) is 1. The summed E-state index contributed by atoms with van der Waals surface area (Å²) >= 11 is 0. The molecule has 7 nitrogen and oxygen atoms in total. The summed E-state index contributed by atoms with van der Waals surface area (Å²) in [6.07, 6.45) is 0.254. The van der Waals surface area contributed by atoms with E-state index in [1.165, 1.54) is 0 Å². The second-order valence-corrected chi connectivity index (χ2v) is 7.43. The fourth-order valence-electron chi connectivity index (χ4n) is 3.61. The lowest BCUT2D eigenvalue weighted by Crippen LogP contribution is -2.47. The first-order chi connectivity index (χ1) is 14.3. The molecule has 3 rings (SSSR count). The van der Waals surface area contributed by atoms with Crippen molar-refractivity contribution in [1.29, 1.82) is 0 Å². The number of urea groups is 1. The summed E-state index contributed by atoms with van der Waals surface area (Å²) in [5.41, 5.74) is 1.01. The van der Waals surface area contributed by atoms with Crippen LogP contribution in [0.4, 0.5) is 4.79 Å². The van der Waals surface area contributed by atoms with Gasteiger partial charge in [0.15, 0.2) is 0 Å². The van der Waals surface area contributed by atoms with Gasteiger partial charge < -0.3 is 14.8 Å². The molecule has 0 bridgehead atoms. The molecule has 0 radical (unpaired) electrons. The van der Waals surface area contributed by atoms with Gasteiger partial charge in [0.2, 0.25) is 0 Å². The van der Waals surface area contributed by atoms with Crippen LogP contribution in [0.5, 0.6) is 5.75 Å². The van der Waals surface area contributed by atoms with E-state index in [9.17, 15) is 14.4 Å². The molecule has 2 aromatic carbocycles. The fraction of sp³-hybridized carbons (Fsp3) is 0.348. The molecular formula is C23H26N2O5. The molecule has 1 aliphatic rings. The van der Waals surface area contributed by atoms with Crippen LogP contribution in [0.1, 0.15) is 37.0 Å². The summed E-state index contributed by atoms with van der Waals surface area (Å²) in [5, 5.41) is 2.74. The Balaban J connectivity index is 1.81. The maximum atomic E-state index is 13.3. The topological polar surface area (TPSA) is 84.9 Å². The maximum absolute atomic E-state index is 13.3. The van der Waals surface area contributed by atoms with Gasteiger partial charge in [0.25, 0.3) is 5.91 Å². The number of nitrogens with zero attached hydrogens (tertiary/aromatic N) is 1. The number of hydrogen-bond acceptors (Lipinski definition) is 5. The standard InChI is InChI=1S/C23H26N2O5/c1-5-18(20(26)30-14-16-9-7-6-8-10-16)25-21(27)23(3,24-22(25)28)17-11-12-19(29-4)15(2)13-17/h6-13,18H,5,14H2,1-4H3,(H,24,28). The number of esters is 1. The van der Waals surface area contributed by atoms with Gasteiger partial charge in [-0.25, -0.2) is 14.5 Å². The van der Waals surface area contributed by atoms with Crippen molar-refractivity contribution in [2.75, 3.05) is 7.11 Å². The average Bonchev–Trinajstić information content (AvgIpc) is 2.97. The molecule has 2 atom stereocenters. The van der Waals surface area contributed by atoms with Crippen molar-refractivity contribution in [2.45, 2.75) is 45.4 Å². The van der Waals surface area contributed by atoms with E-state index in [1.54, 1.807) is 39.2 Å². The Hall–Kier alpha value is -3.35. The molecule has 7 heteroatoms. The summed E-state index contributed by atoms with van der Waals surface area (Å²) in [6, 6.07) is 12.9. The van der Waals surface area contributed by atoms with Gasteiger partial charge in [0.1, 0.15) is 23.9 Å². The first-order valence-corrected chi connectivity index (χ1v) is 9.83. The van der Waals surface area contributed by atoms with E-state index in [-0.39, 0.29) is 13.0 Å². The lowest BCUT2D eigenvalue weighted by atomic mass is 9.90. The van der Waals surface area contributed by atoms with Gasteiger partial charge in [0, 0.05) is 0 Å². The van der Waals surface area contributed by atoms with Gasteiger partial charge in [-0.1, -0.05) is 43.3 Å². The minimum absolute atomic E-state index is 0.0781. The van der Waals surface area contributed by atoms with E-state index >= 15 is 0 Å². The highest BCUT2D eigenvalue weighted by Crippen LogP contribution is 2.33. The molecule has 0 aliphatic carbocycles. The molecule has 0 spiro atoms. The highest BCUT2D eigenvalue weighted by Gasteiger charge is 2.52. The predicted molar refractivity (Wildman–Crippen MR) is 111 cm³/mol. The van der Waals surface area contributed by atoms with Crippen LogP contribution < -0.4 is 10.1 Å². The molecule has 0 saturated carbocycles. The Bertz CT molecular complexity index is 959. The van der Waals surface area contributed by atoms with E-state index in [1.807, 2.05) is 37.3 Å². The summed E-state index contributed by atoms with van der Waals surface area (Å²) in [7, 11) is 1.57. The molecule has 30 heavy (non-hydrogen) atoms. The number of rotatable bonds is 7. The van der Waals surface area contributed by atoms with Crippen LogP contribution >= 0.6 is 0 Å². The number of amides is 3. The Morgan fingerprint density at radius 1 is 1.17 bits per heavy atom. The number of benzene rings is 2. The van der Waals surface area contributed by atoms with E-state index in [0.717, 1.165) is 16.0 Å². The van der Waals surface area contributed by atoms with E-state index in [4.69, 9.17) is 9.47 Å². The SMILES string of the molecule is CCC(C(=O)OCc1ccccc1)N1C(=O)NC(C)(c2ccc(OC)c(C)c2)C1=O. The van der Waals surface area contributed by atoms with Crippen LogP contribution in [0.3, 0.4) is 0 Å². The minimum Gasteiger partial charge on any atom is -0.496 e. The first-order valence-electron chi connectivity index (χ1n) is 9.83. The minimum atomic E-state index is -1.28.